The van der Waals surface area contributed by atoms with Gasteiger partial charge in [0.25, 0.3) is 0 Å². The van der Waals surface area contributed by atoms with E-state index in [1.165, 1.54) is 30.5 Å². The van der Waals surface area contributed by atoms with E-state index in [9.17, 15) is 14.3 Å². The summed E-state index contributed by atoms with van der Waals surface area (Å²) in [6.07, 6.45) is 1.43. The summed E-state index contributed by atoms with van der Waals surface area (Å²) in [7, 11) is 0. The van der Waals surface area contributed by atoms with Crippen LogP contribution in [0.1, 0.15) is 16.1 Å². The molecular weight excluding hydrogens is 517 g/mol. The maximum Gasteiger partial charge on any atom is 0.337 e. The molecule has 0 amide bonds. The second kappa shape index (κ2) is 11.2. The molecule has 11 nitrogen and oxygen atoms in total. The topological polar surface area (TPSA) is 138 Å². The molecule has 0 saturated carbocycles. The highest BCUT2D eigenvalue weighted by molar-refractivity contribution is 6.33. The summed E-state index contributed by atoms with van der Waals surface area (Å²) >= 11 is 5.95. The first kappa shape index (κ1) is 25.1. The van der Waals surface area contributed by atoms with Crippen LogP contribution in [0.2, 0.25) is 5.02 Å². The van der Waals surface area contributed by atoms with Crippen LogP contribution in [0.15, 0.2) is 64.1 Å². The molecule has 4 aromatic rings. The number of aromatic nitrogens is 3. The number of furan rings is 1. The molecule has 0 aliphatic carbocycles. The molecule has 3 N–H and O–H groups in total. The molecule has 5 rings (SSSR count). The van der Waals surface area contributed by atoms with Crippen molar-refractivity contribution in [3.63, 3.8) is 0 Å². The number of ether oxygens (including phenoxy) is 1. The Morgan fingerprint density at radius 2 is 1.82 bits per heavy atom. The normalized spacial score (nSPS) is 13.6. The predicted molar refractivity (Wildman–Crippen MR) is 140 cm³/mol. The largest absolute Gasteiger partial charge is 0.478 e. The third-order valence-corrected chi connectivity index (χ3v) is 5.81. The molecule has 0 atom stereocenters. The number of hydrogen-bond acceptors (Lipinski definition) is 10. The van der Waals surface area contributed by atoms with Gasteiger partial charge < -0.3 is 24.5 Å². The summed E-state index contributed by atoms with van der Waals surface area (Å²) in [5.41, 5.74) is 3.93. The van der Waals surface area contributed by atoms with E-state index < -0.39 is 5.97 Å². The van der Waals surface area contributed by atoms with Crippen LogP contribution in [-0.4, -0.2) is 58.5 Å². The van der Waals surface area contributed by atoms with E-state index in [4.69, 9.17) is 20.8 Å². The second-order valence-electron chi connectivity index (χ2n) is 8.09. The maximum atomic E-state index is 13.3. The molecule has 2 aromatic carbocycles. The number of carboxylic acids is 1. The smallest absolute Gasteiger partial charge is 0.337 e. The average Bonchev–Trinajstić information content (AvgIpc) is 3.39. The summed E-state index contributed by atoms with van der Waals surface area (Å²) in [5, 5.41) is 16.6. The van der Waals surface area contributed by atoms with Gasteiger partial charge in [0.1, 0.15) is 17.3 Å². The van der Waals surface area contributed by atoms with Crippen molar-refractivity contribution in [2.75, 3.05) is 41.9 Å². The van der Waals surface area contributed by atoms with Gasteiger partial charge in [-0.1, -0.05) is 11.6 Å². The first-order valence-electron chi connectivity index (χ1n) is 11.5. The van der Waals surface area contributed by atoms with Crippen molar-refractivity contribution >= 4 is 47.3 Å². The Morgan fingerprint density at radius 3 is 2.58 bits per heavy atom. The number of carbonyl (C=O) groups is 1. The minimum atomic E-state index is -1.13. The Balaban J connectivity index is 1.34. The highest BCUT2D eigenvalue weighted by atomic mass is 35.5. The van der Waals surface area contributed by atoms with Crippen LogP contribution in [-0.2, 0) is 4.74 Å². The van der Waals surface area contributed by atoms with Crippen molar-refractivity contribution < 1.29 is 23.4 Å². The molecule has 0 unspecified atom stereocenters. The molecule has 0 radical (unpaired) electrons. The van der Waals surface area contributed by atoms with Crippen molar-refractivity contribution in [1.29, 1.82) is 0 Å². The van der Waals surface area contributed by atoms with Crippen LogP contribution >= 0.6 is 11.6 Å². The van der Waals surface area contributed by atoms with Gasteiger partial charge in [0.15, 0.2) is 0 Å². The van der Waals surface area contributed by atoms with E-state index in [2.05, 4.69) is 30.8 Å². The number of nitrogens with zero attached hydrogens (tertiary/aromatic N) is 5. The van der Waals surface area contributed by atoms with Crippen LogP contribution in [0.5, 0.6) is 0 Å². The van der Waals surface area contributed by atoms with Gasteiger partial charge in [0.2, 0.25) is 17.8 Å². The minimum absolute atomic E-state index is 0.0200. The number of carboxylic acid groups (broad SMARTS) is 1. The van der Waals surface area contributed by atoms with Gasteiger partial charge in [-0.15, -0.1) is 0 Å². The molecule has 3 heterocycles. The lowest BCUT2D eigenvalue weighted by molar-refractivity contribution is 0.0697. The summed E-state index contributed by atoms with van der Waals surface area (Å²) < 4.78 is 24.5. The van der Waals surface area contributed by atoms with E-state index in [1.54, 1.807) is 30.3 Å². The van der Waals surface area contributed by atoms with Crippen LogP contribution in [0.4, 0.5) is 27.9 Å². The lowest BCUT2D eigenvalue weighted by Gasteiger charge is -2.27. The fourth-order valence-corrected chi connectivity index (χ4v) is 3.81. The second-order valence-corrected chi connectivity index (χ2v) is 8.49. The first-order valence-corrected chi connectivity index (χ1v) is 11.9. The summed E-state index contributed by atoms with van der Waals surface area (Å²) in [6.45, 7) is 2.34. The van der Waals surface area contributed by atoms with E-state index >= 15 is 0 Å². The maximum absolute atomic E-state index is 13.3. The lowest BCUT2D eigenvalue weighted by Crippen LogP contribution is -2.37. The van der Waals surface area contributed by atoms with Crippen LogP contribution in [0, 0.1) is 5.82 Å². The number of anilines is 4. The summed E-state index contributed by atoms with van der Waals surface area (Å²) in [5.74, 6) is 0.245. The van der Waals surface area contributed by atoms with Crippen molar-refractivity contribution in [2.24, 2.45) is 5.10 Å². The average molecular weight is 538 g/mol. The van der Waals surface area contributed by atoms with Gasteiger partial charge in [0, 0.05) is 24.3 Å². The molecule has 2 aromatic heterocycles. The van der Waals surface area contributed by atoms with Crippen molar-refractivity contribution in [3.8, 4) is 11.3 Å². The van der Waals surface area contributed by atoms with Crippen molar-refractivity contribution in [1.82, 2.24) is 15.0 Å². The molecule has 38 heavy (non-hydrogen) atoms. The predicted octanol–water partition coefficient (Wildman–Crippen LogP) is 4.65. The molecule has 0 spiro atoms. The SMILES string of the molecule is O=C(O)c1cc(-c2ccc(C=NNc3nc(Nc4ccc(F)cc4)nc(N4CCOCC4)n3)o2)ccc1Cl. The first-order chi connectivity index (χ1) is 18.4. The number of aromatic carboxylic acids is 1. The Hall–Kier alpha value is -4.55. The Morgan fingerprint density at radius 1 is 1.05 bits per heavy atom. The van der Waals surface area contributed by atoms with Gasteiger partial charge in [-0.05, 0) is 54.6 Å². The zero-order valence-electron chi connectivity index (χ0n) is 19.8. The molecule has 0 bridgehead atoms. The Labute approximate surface area is 221 Å². The van der Waals surface area contributed by atoms with Crippen LogP contribution in [0.3, 0.4) is 0 Å². The number of benzene rings is 2. The fourth-order valence-electron chi connectivity index (χ4n) is 3.61. The zero-order chi connectivity index (χ0) is 26.5. The van der Waals surface area contributed by atoms with E-state index in [-0.39, 0.29) is 28.3 Å². The quantitative estimate of drug-likeness (QED) is 0.215. The van der Waals surface area contributed by atoms with E-state index in [0.29, 0.717) is 55.0 Å². The molecule has 1 aliphatic heterocycles. The molecule has 194 valence electrons. The number of hydrogen-bond donors (Lipinski definition) is 3. The number of nitrogens with one attached hydrogen (secondary N) is 2. The highest BCUT2D eigenvalue weighted by Crippen LogP contribution is 2.27. The van der Waals surface area contributed by atoms with Gasteiger partial charge >= 0.3 is 5.97 Å². The van der Waals surface area contributed by atoms with Crippen LogP contribution in [0.25, 0.3) is 11.3 Å². The van der Waals surface area contributed by atoms with Gasteiger partial charge in [-0.3, -0.25) is 0 Å². The standard InChI is InChI=1S/C25H21ClFN7O4/c26-20-7-1-15(13-19(20)22(35)36)21-8-6-18(38-21)14-28-33-24-30-23(29-17-4-2-16(27)3-5-17)31-25(32-24)34-9-11-37-12-10-34/h1-8,13-14H,9-12H2,(H,35,36)(H2,29,30,31,32,33). The molecule has 13 heteroatoms. The third kappa shape index (κ3) is 6.05. The summed E-state index contributed by atoms with van der Waals surface area (Å²) in [6, 6.07) is 13.8. The third-order valence-electron chi connectivity index (χ3n) is 5.48. The monoisotopic (exact) mass is 537 g/mol. The molecule has 1 aliphatic rings. The fraction of sp³-hybridized carbons (Fsp3) is 0.160. The van der Waals surface area contributed by atoms with Gasteiger partial charge in [-0.2, -0.15) is 20.1 Å². The highest BCUT2D eigenvalue weighted by Gasteiger charge is 2.17. The molecular formula is C25H21ClFN7O4. The number of morpholine rings is 1. The molecule has 1 fully saturated rings. The Kier molecular flexibility index (Phi) is 7.43. The number of halogens is 2. The van der Waals surface area contributed by atoms with Gasteiger partial charge in [-0.25, -0.2) is 14.6 Å². The van der Waals surface area contributed by atoms with E-state index in [1.807, 2.05) is 4.90 Å². The number of hydrazone groups is 1. The van der Waals surface area contributed by atoms with Crippen LogP contribution < -0.4 is 15.6 Å². The minimum Gasteiger partial charge on any atom is -0.478 e. The summed E-state index contributed by atoms with van der Waals surface area (Å²) in [4.78, 5) is 26.6. The van der Waals surface area contributed by atoms with E-state index in [0.717, 1.165) is 0 Å². The Bertz CT molecular complexity index is 1470. The number of rotatable bonds is 8. The van der Waals surface area contributed by atoms with Gasteiger partial charge in [0.05, 0.1) is 30.0 Å². The van der Waals surface area contributed by atoms with Crippen molar-refractivity contribution in [3.05, 3.63) is 76.8 Å². The van der Waals surface area contributed by atoms with Crippen molar-refractivity contribution in [2.45, 2.75) is 0 Å². The zero-order valence-corrected chi connectivity index (χ0v) is 20.5. The molecule has 1 saturated heterocycles. The lowest BCUT2D eigenvalue weighted by atomic mass is 10.1.